The van der Waals surface area contributed by atoms with Gasteiger partial charge >= 0.3 is 18.3 Å². The van der Waals surface area contributed by atoms with Crippen molar-refractivity contribution in [3.8, 4) is 11.1 Å². The minimum Gasteiger partial charge on any atom is -0.480 e. The molecule has 17 heteroatoms. The van der Waals surface area contributed by atoms with Gasteiger partial charge in [0.2, 0.25) is 0 Å². The van der Waals surface area contributed by atoms with Gasteiger partial charge in [-0.05, 0) is 56.0 Å². The second-order valence-corrected chi connectivity index (χ2v) is 11.2. The topological polar surface area (TPSA) is 118 Å². The van der Waals surface area contributed by atoms with E-state index in [0.717, 1.165) is 16.7 Å². The average Bonchev–Trinajstić information content (AvgIpc) is 3.67. The monoisotopic (exact) mass is 671 g/mol. The van der Waals surface area contributed by atoms with Crippen molar-refractivity contribution in [2.45, 2.75) is 50.6 Å². The zero-order valence-electron chi connectivity index (χ0n) is 24.4. The molecule has 3 N–H and O–H groups in total. The van der Waals surface area contributed by atoms with E-state index >= 15 is 0 Å². The highest BCUT2D eigenvalue weighted by Crippen LogP contribution is 2.42. The van der Waals surface area contributed by atoms with E-state index in [-0.39, 0.29) is 35.4 Å². The molecule has 2 atom stereocenters. The summed E-state index contributed by atoms with van der Waals surface area (Å²) in [5.74, 6) is -7.05. The maximum atomic E-state index is 14.9. The first kappa shape index (κ1) is 33.4. The van der Waals surface area contributed by atoms with Gasteiger partial charge in [-0.15, -0.1) is 0 Å². The minimum atomic E-state index is -4.91. The lowest BCUT2D eigenvalue weighted by Crippen LogP contribution is -2.43. The molecular formula is C30H25F8N5O4. The number of aromatic nitrogens is 3. The highest BCUT2D eigenvalue weighted by atomic mass is 19.4. The van der Waals surface area contributed by atoms with Crippen molar-refractivity contribution < 1.29 is 49.8 Å². The number of aryl methyl sites for hydroxylation is 1. The standard InChI is InChI=1S/C30H25F8N5O4/c1-13-9-18(29(33,34)35)22(27(45)42(13)2)17-6-5-16(43-8-7-39-25(17)43)12-21(28(46)47)41-26(44)23-19(31)10-15(11-20(23)32)40-24(14-3-4-14)30(36,37)38/h5-11,14,21,24,40H,3-4,12H2,1-2H3,(H,41,44)(H,46,47)/t21-,24+/m0/s1. The summed E-state index contributed by atoms with van der Waals surface area (Å²) in [5.41, 5.74) is -4.91. The van der Waals surface area contributed by atoms with Crippen LogP contribution in [-0.4, -0.2) is 49.2 Å². The van der Waals surface area contributed by atoms with Gasteiger partial charge in [0.15, 0.2) is 0 Å². The average molecular weight is 672 g/mol. The molecular weight excluding hydrogens is 646 g/mol. The number of hydrogen-bond acceptors (Lipinski definition) is 5. The lowest BCUT2D eigenvalue weighted by Gasteiger charge is -2.23. The van der Waals surface area contributed by atoms with Crippen LogP contribution in [0, 0.1) is 24.5 Å². The molecule has 1 aliphatic carbocycles. The number of rotatable bonds is 9. The first-order valence-electron chi connectivity index (χ1n) is 14.0. The third-order valence-electron chi connectivity index (χ3n) is 7.93. The Labute approximate surface area is 259 Å². The highest BCUT2D eigenvalue weighted by molar-refractivity contribution is 5.97. The first-order valence-corrected chi connectivity index (χ1v) is 14.0. The van der Waals surface area contributed by atoms with Crippen LogP contribution in [0.4, 0.5) is 40.8 Å². The summed E-state index contributed by atoms with van der Waals surface area (Å²) < 4.78 is 114. The maximum Gasteiger partial charge on any atom is 0.417 e. The predicted molar refractivity (Wildman–Crippen MR) is 151 cm³/mol. The number of halogens is 8. The second kappa shape index (κ2) is 12.0. The van der Waals surface area contributed by atoms with E-state index in [1.165, 1.54) is 36.8 Å². The summed E-state index contributed by atoms with van der Waals surface area (Å²) >= 11 is 0. The molecule has 9 nitrogen and oxygen atoms in total. The van der Waals surface area contributed by atoms with Gasteiger partial charge in [-0.3, -0.25) is 9.59 Å². The Balaban J connectivity index is 1.44. The van der Waals surface area contributed by atoms with Crippen LogP contribution < -0.4 is 16.2 Å². The van der Waals surface area contributed by atoms with E-state index in [2.05, 4.69) is 4.98 Å². The molecule has 0 aliphatic heterocycles. The number of amides is 1. The number of carbonyl (C=O) groups is 2. The number of fused-ring (bicyclic) bond motifs is 1. The smallest absolute Gasteiger partial charge is 0.417 e. The van der Waals surface area contributed by atoms with Gasteiger partial charge in [0.25, 0.3) is 11.5 Å². The van der Waals surface area contributed by atoms with Gasteiger partial charge < -0.3 is 24.7 Å². The molecule has 47 heavy (non-hydrogen) atoms. The maximum absolute atomic E-state index is 14.9. The minimum absolute atomic E-state index is 0.0460. The molecule has 1 aromatic carbocycles. The lowest BCUT2D eigenvalue weighted by atomic mass is 9.99. The summed E-state index contributed by atoms with van der Waals surface area (Å²) in [4.78, 5) is 42.0. The fourth-order valence-corrected chi connectivity index (χ4v) is 5.32. The third kappa shape index (κ3) is 6.64. The fraction of sp³-hybridized carbons (Fsp3) is 0.333. The van der Waals surface area contributed by atoms with Gasteiger partial charge in [-0.1, -0.05) is 0 Å². The Morgan fingerprint density at radius 1 is 1.06 bits per heavy atom. The molecule has 1 aliphatic rings. The summed E-state index contributed by atoms with van der Waals surface area (Å²) in [6.07, 6.45) is -7.17. The zero-order valence-corrected chi connectivity index (χ0v) is 24.4. The molecule has 1 saturated carbocycles. The lowest BCUT2D eigenvalue weighted by molar-refractivity contribution is -0.146. The SMILES string of the molecule is Cc1cc(C(F)(F)F)c(-c2ccc(C[C@H](NC(=O)c3c(F)cc(N[C@H](C4CC4)C(F)(F)F)cc3F)C(=O)O)n3ccnc23)c(=O)n1C. The number of carboxylic acids is 1. The number of carbonyl (C=O) groups excluding carboxylic acids is 1. The molecule has 1 fully saturated rings. The van der Waals surface area contributed by atoms with Crippen LogP contribution in [-0.2, 0) is 24.4 Å². The molecule has 0 radical (unpaired) electrons. The first-order chi connectivity index (χ1) is 21.9. The van der Waals surface area contributed by atoms with Crippen LogP contribution in [0.25, 0.3) is 16.8 Å². The Hall–Kier alpha value is -4.96. The van der Waals surface area contributed by atoms with Crippen molar-refractivity contribution in [1.29, 1.82) is 0 Å². The number of imidazole rings is 1. The summed E-state index contributed by atoms with van der Waals surface area (Å²) in [5, 5.41) is 13.8. The number of carboxylic acid groups (broad SMARTS) is 1. The van der Waals surface area contributed by atoms with Crippen LogP contribution in [0.15, 0.2) is 47.5 Å². The van der Waals surface area contributed by atoms with Crippen LogP contribution in [0.3, 0.4) is 0 Å². The van der Waals surface area contributed by atoms with Crippen molar-refractivity contribution >= 4 is 23.2 Å². The molecule has 3 heterocycles. The molecule has 4 aromatic rings. The quantitative estimate of drug-likeness (QED) is 0.203. The largest absolute Gasteiger partial charge is 0.480 e. The van der Waals surface area contributed by atoms with Crippen molar-refractivity contribution in [2.75, 3.05) is 5.32 Å². The van der Waals surface area contributed by atoms with Gasteiger partial charge in [-0.2, -0.15) is 26.3 Å². The Morgan fingerprint density at radius 3 is 2.26 bits per heavy atom. The molecule has 0 saturated heterocycles. The third-order valence-corrected chi connectivity index (χ3v) is 7.93. The molecule has 5 rings (SSSR count). The van der Waals surface area contributed by atoms with E-state index in [1.807, 2.05) is 10.6 Å². The summed E-state index contributed by atoms with van der Waals surface area (Å²) in [7, 11) is 1.29. The van der Waals surface area contributed by atoms with E-state index in [1.54, 1.807) is 0 Å². The fourth-order valence-electron chi connectivity index (χ4n) is 5.32. The van der Waals surface area contributed by atoms with Crippen molar-refractivity contribution in [3.05, 3.63) is 87.2 Å². The summed E-state index contributed by atoms with van der Waals surface area (Å²) in [6, 6.07) is 0.240. The van der Waals surface area contributed by atoms with E-state index in [0.29, 0.717) is 12.1 Å². The molecule has 0 unspecified atom stereocenters. The molecule has 3 aromatic heterocycles. The van der Waals surface area contributed by atoms with Gasteiger partial charge in [0.05, 0.1) is 11.1 Å². The highest BCUT2D eigenvalue weighted by Gasteiger charge is 2.49. The van der Waals surface area contributed by atoms with Crippen LogP contribution in [0.5, 0.6) is 0 Å². The Kier molecular flexibility index (Phi) is 8.53. The van der Waals surface area contributed by atoms with Crippen LogP contribution in [0.2, 0.25) is 0 Å². The van der Waals surface area contributed by atoms with Crippen molar-refractivity contribution in [2.24, 2.45) is 13.0 Å². The number of anilines is 1. The summed E-state index contributed by atoms with van der Waals surface area (Å²) in [6.45, 7) is 1.33. The van der Waals surface area contributed by atoms with E-state index < -0.39 is 88.2 Å². The number of aliphatic carboxylic acids is 1. The van der Waals surface area contributed by atoms with Crippen molar-refractivity contribution in [3.63, 3.8) is 0 Å². The van der Waals surface area contributed by atoms with Gasteiger partial charge in [0, 0.05) is 48.5 Å². The second-order valence-electron chi connectivity index (χ2n) is 11.2. The number of alkyl halides is 6. The van der Waals surface area contributed by atoms with Crippen LogP contribution in [0.1, 0.15) is 40.2 Å². The van der Waals surface area contributed by atoms with Gasteiger partial charge in [-0.25, -0.2) is 18.6 Å². The van der Waals surface area contributed by atoms with E-state index in [9.17, 15) is 54.6 Å². The van der Waals surface area contributed by atoms with Gasteiger partial charge in [0.1, 0.15) is 34.9 Å². The van der Waals surface area contributed by atoms with E-state index in [4.69, 9.17) is 0 Å². The Bertz CT molecular complexity index is 1920. The normalized spacial score (nSPS) is 15.0. The molecule has 1 amide bonds. The number of benzene rings is 1. The molecule has 0 bridgehead atoms. The number of nitrogens with zero attached hydrogens (tertiary/aromatic N) is 3. The number of pyridine rings is 2. The molecule has 0 spiro atoms. The number of hydrogen-bond donors (Lipinski definition) is 3. The number of nitrogens with one attached hydrogen (secondary N) is 2. The van der Waals surface area contributed by atoms with Crippen LogP contribution >= 0.6 is 0 Å². The van der Waals surface area contributed by atoms with Crippen molar-refractivity contribution in [1.82, 2.24) is 19.3 Å². The predicted octanol–water partition coefficient (Wildman–Crippen LogP) is 5.48. The Morgan fingerprint density at radius 2 is 1.70 bits per heavy atom. The zero-order chi connectivity index (χ0) is 34.6. The molecule has 250 valence electrons.